The van der Waals surface area contributed by atoms with Crippen molar-refractivity contribution in [1.82, 2.24) is 15.1 Å². The van der Waals surface area contributed by atoms with Gasteiger partial charge in [-0.05, 0) is 53.6 Å². The summed E-state index contributed by atoms with van der Waals surface area (Å²) in [6.07, 6.45) is 1.54. The molecule has 0 unspecified atom stereocenters. The van der Waals surface area contributed by atoms with Crippen LogP contribution in [0.2, 0.25) is 5.02 Å². The zero-order valence-electron chi connectivity index (χ0n) is 16.8. The fourth-order valence-corrected chi connectivity index (χ4v) is 3.19. The van der Waals surface area contributed by atoms with Gasteiger partial charge in [0, 0.05) is 11.6 Å². The zero-order chi connectivity index (χ0) is 22.5. The van der Waals surface area contributed by atoms with E-state index in [2.05, 4.69) is 10.4 Å². The highest BCUT2D eigenvalue weighted by atomic mass is 35.5. The van der Waals surface area contributed by atoms with Crippen molar-refractivity contribution in [3.05, 3.63) is 112 Å². The average Bonchev–Trinajstić information content (AvgIpc) is 3.23. The molecule has 162 valence electrons. The van der Waals surface area contributed by atoms with Gasteiger partial charge in [0.05, 0.1) is 11.9 Å². The zero-order valence-corrected chi connectivity index (χ0v) is 17.5. The van der Waals surface area contributed by atoms with E-state index in [4.69, 9.17) is 16.3 Å². The number of halogens is 3. The van der Waals surface area contributed by atoms with Gasteiger partial charge in [0.1, 0.15) is 18.2 Å². The first kappa shape index (κ1) is 21.5. The van der Waals surface area contributed by atoms with Crippen molar-refractivity contribution in [2.45, 2.75) is 13.2 Å². The standard InChI is InChI=1S/C24H18ClF2N3O2/c25-21-4-2-1-3-17(21)13-28-24(31)23-22(32-15-16-5-7-18(26)8-6-16)14-30(29-23)20-11-9-19(27)10-12-20/h1-12,14H,13,15H2,(H,28,31). The maximum atomic E-state index is 13.3. The number of hydrogen-bond acceptors (Lipinski definition) is 3. The quantitative estimate of drug-likeness (QED) is 0.412. The molecule has 0 saturated carbocycles. The van der Waals surface area contributed by atoms with Crippen LogP contribution in [0.4, 0.5) is 8.78 Å². The molecule has 1 aromatic heterocycles. The Balaban J connectivity index is 1.57. The lowest BCUT2D eigenvalue weighted by Crippen LogP contribution is -2.24. The average molecular weight is 454 g/mol. The van der Waals surface area contributed by atoms with Crippen LogP contribution in [0.5, 0.6) is 5.75 Å². The Morgan fingerprint density at radius 3 is 2.31 bits per heavy atom. The second-order valence-electron chi connectivity index (χ2n) is 6.95. The largest absolute Gasteiger partial charge is 0.485 e. The molecule has 1 heterocycles. The third kappa shape index (κ3) is 5.12. The molecular weight excluding hydrogens is 436 g/mol. The van der Waals surface area contributed by atoms with Crippen LogP contribution in [0.3, 0.4) is 0 Å². The van der Waals surface area contributed by atoms with Gasteiger partial charge in [-0.1, -0.05) is 41.9 Å². The fraction of sp³-hybridized carbons (Fsp3) is 0.0833. The van der Waals surface area contributed by atoms with Crippen LogP contribution in [0.25, 0.3) is 5.69 Å². The van der Waals surface area contributed by atoms with Gasteiger partial charge in [0.2, 0.25) is 0 Å². The molecule has 0 aliphatic carbocycles. The van der Waals surface area contributed by atoms with E-state index in [9.17, 15) is 13.6 Å². The third-order valence-corrected chi connectivity index (χ3v) is 5.06. The van der Waals surface area contributed by atoms with Crippen molar-refractivity contribution in [1.29, 1.82) is 0 Å². The Labute approximate surface area is 188 Å². The number of amides is 1. The molecule has 0 saturated heterocycles. The van der Waals surface area contributed by atoms with Crippen LogP contribution in [-0.2, 0) is 13.2 Å². The summed E-state index contributed by atoms with van der Waals surface area (Å²) in [5.41, 5.74) is 2.10. The molecule has 1 N–H and O–H groups in total. The van der Waals surface area contributed by atoms with E-state index in [0.717, 1.165) is 11.1 Å². The molecular formula is C24H18ClF2N3O2. The summed E-state index contributed by atoms with van der Waals surface area (Å²) in [6.45, 7) is 0.319. The van der Waals surface area contributed by atoms with Crippen LogP contribution >= 0.6 is 11.6 Å². The van der Waals surface area contributed by atoms with E-state index in [1.807, 2.05) is 12.1 Å². The Morgan fingerprint density at radius 2 is 1.62 bits per heavy atom. The van der Waals surface area contributed by atoms with Gasteiger partial charge in [0.25, 0.3) is 5.91 Å². The maximum Gasteiger partial charge on any atom is 0.275 e. The summed E-state index contributed by atoms with van der Waals surface area (Å²) in [5.74, 6) is -0.959. The minimum Gasteiger partial charge on any atom is -0.485 e. The first-order chi connectivity index (χ1) is 15.5. The molecule has 32 heavy (non-hydrogen) atoms. The van der Waals surface area contributed by atoms with Crippen molar-refractivity contribution < 1.29 is 18.3 Å². The molecule has 4 aromatic rings. The van der Waals surface area contributed by atoms with E-state index >= 15 is 0 Å². The highest BCUT2D eigenvalue weighted by Crippen LogP contribution is 2.22. The summed E-state index contributed by atoms with van der Waals surface area (Å²) in [7, 11) is 0. The van der Waals surface area contributed by atoms with Gasteiger partial charge in [-0.3, -0.25) is 4.79 Å². The highest BCUT2D eigenvalue weighted by molar-refractivity contribution is 6.31. The molecule has 3 aromatic carbocycles. The second kappa shape index (κ2) is 9.62. The lowest BCUT2D eigenvalue weighted by Gasteiger charge is -2.08. The molecule has 0 radical (unpaired) electrons. The van der Waals surface area contributed by atoms with Crippen LogP contribution in [0.15, 0.2) is 79.0 Å². The van der Waals surface area contributed by atoms with E-state index in [1.54, 1.807) is 30.5 Å². The number of hydrogen-bond donors (Lipinski definition) is 1. The Kier molecular flexibility index (Phi) is 6.47. The lowest BCUT2D eigenvalue weighted by molar-refractivity contribution is 0.0941. The van der Waals surface area contributed by atoms with Crippen molar-refractivity contribution in [3.8, 4) is 11.4 Å². The number of ether oxygens (including phenoxy) is 1. The summed E-state index contributed by atoms with van der Waals surface area (Å²) in [5, 5.41) is 7.66. The summed E-state index contributed by atoms with van der Waals surface area (Å²) < 4.78 is 33.7. The number of carbonyl (C=O) groups is 1. The SMILES string of the molecule is O=C(NCc1ccccc1Cl)c1nn(-c2ccc(F)cc2)cc1OCc1ccc(F)cc1. The number of nitrogens with one attached hydrogen (secondary N) is 1. The number of benzene rings is 3. The van der Waals surface area contributed by atoms with Crippen molar-refractivity contribution in [2.75, 3.05) is 0 Å². The smallest absolute Gasteiger partial charge is 0.275 e. The van der Waals surface area contributed by atoms with Crippen LogP contribution in [0.1, 0.15) is 21.6 Å². The van der Waals surface area contributed by atoms with Gasteiger partial charge >= 0.3 is 0 Å². The first-order valence-corrected chi connectivity index (χ1v) is 10.1. The van der Waals surface area contributed by atoms with Crippen molar-refractivity contribution in [2.24, 2.45) is 0 Å². The van der Waals surface area contributed by atoms with Gasteiger partial charge in [-0.15, -0.1) is 0 Å². The highest BCUT2D eigenvalue weighted by Gasteiger charge is 2.19. The molecule has 1 amide bonds. The number of aromatic nitrogens is 2. The molecule has 0 spiro atoms. The van der Waals surface area contributed by atoms with Crippen molar-refractivity contribution in [3.63, 3.8) is 0 Å². The van der Waals surface area contributed by atoms with E-state index < -0.39 is 5.91 Å². The molecule has 0 aliphatic heterocycles. The topological polar surface area (TPSA) is 56.2 Å². The molecule has 5 nitrogen and oxygen atoms in total. The monoisotopic (exact) mass is 453 g/mol. The van der Waals surface area contributed by atoms with Gasteiger partial charge in [-0.25, -0.2) is 13.5 Å². The molecule has 0 aliphatic rings. The first-order valence-electron chi connectivity index (χ1n) is 9.74. The Hall–Kier alpha value is -3.71. The molecule has 0 fully saturated rings. The fourth-order valence-electron chi connectivity index (χ4n) is 2.99. The van der Waals surface area contributed by atoms with Gasteiger partial charge < -0.3 is 10.1 Å². The second-order valence-corrected chi connectivity index (χ2v) is 7.36. The minimum absolute atomic E-state index is 0.0588. The van der Waals surface area contributed by atoms with Crippen LogP contribution < -0.4 is 10.1 Å². The summed E-state index contributed by atoms with van der Waals surface area (Å²) in [4.78, 5) is 12.9. The Bertz CT molecular complexity index is 1220. The summed E-state index contributed by atoms with van der Waals surface area (Å²) in [6, 6.07) is 18.7. The molecule has 4 rings (SSSR count). The van der Waals surface area contributed by atoms with E-state index in [1.165, 1.54) is 41.1 Å². The van der Waals surface area contributed by atoms with E-state index in [0.29, 0.717) is 10.7 Å². The normalized spacial score (nSPS) is 10.7. The third-order valence-electron chi connectivity index (χ3n) is 4.69. The predicted molar refractivity (Wildman–Crippen MR) is 117 cm³/mol. The number of nitrogens with zero attached hydrogens (tertiary/aromatic N) is 2. The van der Waals surface area contributed by atoms with Crippen LogP contribution in [0, 0.1) is 11.6 Å². The lowest BCUT2D eigenvalue weighted by atomic mass is 10.2. The predicted octanol–water partition coefficient (Wildman–Crippen LogP) is 5.31. The molecule has 0 bridgehead atoms. The van der Waals surface area contributed by atoms with Gasteiger partial charge in [-0.2, -0.15) is 5.10 Å². The maximum absolute atomic E-state index is 13.3. The van der Waals surface area contributed by atoms with Gasteiger partial charge in [0.15, 0.2) is 11.4 Å². The van der Waals surface area contributed by atoms with E-state index in [-0.39, 0.29) is 36.2 Å². The summed E-state index contributed by atoms with van der Waals surface area (Å²) >= 11 is 6.16. The Morgan fingerprint density at radius 1 is 0.969 bits per heavy atom. The number of rotatable bonds is 7. The van der Waals surface area contributed by atoms with Crippen LogP contribution in [-0.4, -0.2) is 15.7 Å². The number of carbonyl (C=O) groups excluding carboxylic acids is 1. The molecule has 0 atom stereocenters. The molecule has 8 heteroatoms. The minimum atomic E-state index is -0.458. The van der Waals surface area contributed by atoms with Crippen molar-refractivity contribution >= 4 is 17.5 Å².